The lowest BCUT2D eigenvalue weighted by Gasteiger charge is -2.26. The molecular weight excluding hydrogens is 343 g/mol. The Kier molecular flexibility index (Phi) is 5.50. The summed E-state index contributed by atoms with van der Waals surface area (Å²) in [6, 6.07) is 14.8. The van der Waals surface area contributed by atoms with Gasteiger partial charge in [-0.15, -0.1) is 0 Å². The van der Waals surface area contributed by atoms with Crippen LogP contribution in [-0.4, -0.2) is 43.7 Å². The minimum absolute atomic E-state index is 0.000930. The Morgan fingerprint density at radius 3 is 2.59 bits per heavy atom. The minimum Gasteiger partial charge on any atom is -0.379 e. The lowest BCUT2D eigenvalue weighted by molar-refractivity contribution is -0.117. The monoisotopic (exact) mass is 368 g/mol. The number of morpholine rings is 1. The summed E-state index contributed by atoms with van der Waals surface area (Å²) in [6.45, 7) is 4.67. The van der Waals surface area contributed by atoms with Gasteiger partial charge in [-0.2, -0.15) is 0 Å². The predicted octanol–water partition coefficient (Wildman–Crippen LogP) is 3.44. The standard InChI is InChI=1S/C22H25FN2O2/c23-21-4-2-1-3-18(21)19-15-20(19)22(26)24-17-7-5-16(6-8-17)9-10-25-11-13-27-14-12-25/h1-8,19-20H,9-15H2,(H,24,26). The van der Waals surface area contributed by atoms with E-state index in [9.17, 15) is 9.18 Å². The fourth-order valence-corrected chi connectivity index (χ4v) is 3.71. The van der Waals surface area contributed by atoms with E-state index in [-0.39, 0.29) is 23.6 Å². The molecule has 27 heavy (non-hydrogen) atoms. The van der Waals surface area contributed by atoms with E-state index in [0.717, 1.165) is 45.0 Å². The molecule has 4 rings (SSSR count). The molecule has 1 saturated carbocycles. The summed E-state index contributed by atoms with van der Waals surface area (Å²) in [5.74, 6) is -0.381. The Hall–Kier alpha value is -2.24. The van der Waals surface area contributed by atoms with Gasteiger partial charge in [0.25, 0.3) is 0 Å². The van der Waals surface area contributed by atoms with Crippen LogP contribution in [0.1, 0.15) is 23.5 Å². The van der Waals surface area contributed by atoms with Gasteiger partial charge >= 0.3 is 0 Å². The number of benzene rings is 2. The van der Waals surface area contributed by atoms with E-state index in [2.05, 4.69) is 22.3 Å². The van der Waals surface area contributed by atoms with Crippen molar-refractivity contribution in [1.82, 2.24) is 4.90 Å². The molecule has 0 aromatic heterocycles. The fourth-order valence-electron chi connectivity index (χ4n) is 3.71. The average molecular weight is 368 g/mol. The van der Waals surface area contributed by atoms with Gasteiger partial charge in [0.05, 0.1) is 13.2 Å². The van der Waals surface area contributed by atoms with Gasteiger partial charge in [-0.3, -0.25) is 9.69 Å². The largest absolute Gasteiger partial charge is 0.379 e. The van der Waals surface area contributed by atoms with E-state index in [0.29, 0.717) is 12.0 Å². The molecule has 0 spiro atoms. The van der Waals surface area contributed by atoms with E-state index in [1.807, 2.05) is 18.2 Å². The molecule has 1 amide bonds. The number of halogens is 1. The quantitative estimate of drug-likeness (QED) is 0.849. The maximum absolute atomic E-state index is 13.9. The highest BCUT2D eigenvalue weighted by Crippen LogP contribution is 2.48. The van der Waals surface area contributed by atoms with Crippen molar-refractivity contribution in [3.8, 4) is 0 Å². The first-order valence-corrected chi connectivity index (χ1v) is 9.65. The average Bonchev–Trinajstić information content (AvgIpc) is 3.49. The molecule has 2 aliphatic rings. The number of carbonyl (C=O) groups excluding carboxylic acids is 1. The molecule has 2 fully saturated rings. The number of amides is 1. The number of nitrogens with one attached hydrogen (secondary N) is 1. The number of ether oxygens (including phenoxy) is 1. The molecule has 1 N–H and O–H groups in total. The second-order valence-electron chi connectivity index (χ2n) is 7.36. The van der Waals surface area contributed by atoms with Crippen LogP contribution in [0.4, 0.5) is 10.1 Å². The first-order chi connectivity index (χ1) is 13.2. The summed E-state index contributed by atoms with van der Waals surface area (Å²) >= 11 is 0. The maximum atomic E-state index is 13.9. The first-order valence-electron chi connectivity index (χ1n) is 9.65. The second kappa shape index (κ2) is 8.19. The lowest BCUT2D eigenvalue weighted by atomic mass is 10.1. The molecule has 0 bridgehead atoms. The Morgan fingerprint density at radius 1 is 1.11 bits per heavy atom. The molecular formula is C22H25FN2O2. The van der Waals surface area contributed by atoms with E-state index < -0.39 is 0 Å². The highest BCUT2D eigenvalue weighted by molar-refractivity contribution is 5.95. The summed E-state index contributed by atoms with van der Waals surface area (Å²) in [4.78, 5) is 14.8. The van der Waals surface area contributed by atoms with Crippen LogP contribution < -0.4 is 5.32 Å². The van der Waals surface area contributed by atoms with Crippen LogP contribution in [0.3, 0.4) is 0 Å². The smallest absolute Gasteiger partial charge is 0.228 e. The van der Waals surface area contributed by atoms with Crippen molar-refractivity contribution in [2.75, 3.05) is 38.2 Å². The van der Waals surface area contributed by atoms with E-state index in [1.54, 1.807) is 12.1 Å². The molecule has 2 unspecified atom stereocenters. The first kappa shape index (κ1) is 18.1. The highest BCUT2D eigenvalue weighted by atomic mass is 19.1. The summed E-state index contributed by atoms with van der Waals surface area (Å²) in [6.07, 6.45) is 1.70. The molecule has 5 heteroatoms. The van der Waals surface area contributed by atoms with Crippen molar-refractivity contribution in [2.24, 2.45) is 5.92 Å². The van der Waals surface area contributed by atoms with Crippen molar-refractivity contribution in [1.29, 1.82) is 0 Å². The zero-order valence-corrected chi connectivity index (χ0v) is 15.4. The highest BCUT2D eigenvalue weighted by Gasteiger charge is 2.45. The van der Waals surface area contributed by atoms with Crippen molar-refractivity contribution in [2.45, 2.75) is 18.8 Å². The van der Waals surface area contributed by atoms with E-state index in [4.69, 9.17) is 4.74 Å². The number of hydrogen-bond acceptors (Lipinski definition) is 3. The van der Waals surface area contributed by atoms with Gasteiger partial charge < -0.3 is 10.1 Å². The van der Waals surface area contributed by atoms with E-state index in [1.165, 1.54) is 11.6 Å². The van der Waals surface area contributed by atoms with Crippen molar-refractivity contribution < 1.29 is 13.9 Å². The van der Waals surface area contributed by atoms with Crippen molar-refractivity contribution in [3.05, 3.63) is 65.5 Å². The Morgan fingerprint density at radius 2 is 1.85 bits per heavy atom. The van der Waals surface area contributed by atoms with Crippen molar-refractivity contribution >= 4 is 11.6 Å². The van der Waals surface area contributed by atoms with Crippen LogP contribution in [0.5, 0.6) is 0 Å². The van der Waals surface area contributed by atoms with Gasteiger partial charge in [-0.25, -0.2) is 4.39 Å². The number of anilines is 1. The topological polar surface area (TPSA) is 41.6 Å². The zero-order valence-electron chi connectivity index (χ0n) is 15.4. The van der Waals surface area contributed by atoms with Gasteiger partial charge in [0, 0.05) is 31.2 Å². The number of nitrogens with zero attached hydrogens (tertiary/aromatic N) is 1. The van der Waals surface area contributed by atoms with Gasteiger partial charge in [0.2, 0.25) is 5.91 Å². The summed E-state index contributed by atoms with van der Waals surface area (Å²) in [7, 11) is 0. The van der Waals surface area contributed by atoms with Crippen molar-refractivity contribution in [3.63, 3.8) is 0 Å². The third-order valence-electron chi connectivity index (χ3n) is 5.47. The maximum Gasteiger partial charge on any atom is 0.228 e. The SMILES string of the molecule is O=C(Nc1ccc(CCN2CCOCC2)cc1)C1CC1c1ccccc1F. The molecule has 0 radical (unpaired) electrons. The van der Waals surface area contributed by atoms with Crippen LogP contribution in [0.2, 0.25) is 0 Å². The normalized spacial score (nSPS) is 22.4. The fraction of sp³-hybridized carbons (Fsp3) is 0.409. The minimum atomic E-state index is -0.220. The second-order valence-corrected chi connectivity index (χ2v) is 7.36. The molecule has 1 heterocycles. The molecule has 142 valence electrons. The Balaban J connectivity index is 1.27. The third-order valence-corrected chi connectivity index (χ3v) is 5.47. The Bertz CT molecular complexity index is 787. The van der Waals surface area contributed by atoms with Crippen LogP contribution in [-0.2, 0) is 16.0 Å². The van der Waals surface area contributed by atoms with Gasteiger partial charge in [0.1, 0.15) is 5.82 Å². The molecule has 1 saturated heterocycles. The molecule has 1 aliphatic carbocycles. The third kappa shape index (κ3) is 4.54. The zero-order chi connectivity index (χ0) is 18.6. The number of hydrogen-bond donors (Lipinski definition) is 1. The van der Waals surface area contributed by atoms with Gasteiger partial charge in [-0.1, -0.05) is 30.3 Å². The molecule has 2 aromatic rings. The lowest BCUT2D eigenvalue weighted by Crippen LogP contribution is -2.37. The summed E-state index contributed by atoms with van der Waals surface area (Å²) in [5, 5.41) is 2.97. The summed E-state index contributed by atoms with van der Waals surface area (Å²) in [5.41, 5.74) is 2.71. The van der Waals surface area contributed by atoms with Crippen LogP contribution in [0.15, 0.2) is 48.5 Å². The Labute approximate surface area is 159 Å². The van der Waals surface area contributed by atoms with Gasteiger partial charge in [0.15, 0.2) is 0 Å². The number of rotatable bonds is 6. The molecule has 2 aromatic carbocycles. The van der Waals surface area contributed by atoms with Crippen LogP contribution in [0.25, 0.3) is 0 Å². The molecule has 2 atom stereocenters. The van der Waals surface area contributed by atoms with Gasteiger partial charge in [-0.05, 0) is 48.1 Å². The van der Waals surface area contributed by atoms with E-state index >= 15 is 0 Å². The summed E-state index contributed by atoms with van der Waals surface area (Å²) < 4.78 is 19.2. The van der Waals surface area contributed by atoms with Crippen LogP contribution in [0, 0.1) is 11.7 Å². The number of carbonyl (C=O) groups is 1. The molecule has 4 nitrogen and oxygen atoms in total. The predicted molar refractivity (Wildman–Crippen MR) is 103 cm³/mol. The molecule has 1 aliphatic heterocycles. The van der Waals surface area contributed by atoms with Crippen LogP contribution >= 0.6 is 0 Å².